The maximum atomic E-state index is 5.75. The van der Waals surface area contributed by atoms with Crippen LogP contribution in [0.3, 0.4) is 0 Å². The van der Waals surface area contributed by atoms with E-state index in [4.69, 9.17) is 10.5 Å². The van der Waals surface area contributed by atoms with E-state index in [9.17, 15) is 0 Å². The van der Waals surface area contributed by atoms with Gasteiger partial charge in [-0.1, -0.05) is 34.8 Å². The lowest BCUT2D eigenvalue weighted by molar-refractivity contribution is 0.299. The van der Waals surface area contributed by atoms with E-state index in [1.165, 1.54) is 19.3 Å². The van der Waals surface area contributed by atoms with Crippen LogP contribution in [0, 0.1) is 5.92 Å². The zero-order valence-corrected chi connectivity index (χ0v) is 10.3. The summed E-state index contributed by atoms with van der Waals surface area (Å²) in [6, 6.07) is 6.00. The Balaban J connectivity index is 1.94. The average molecular weight is 270 g/mol. The van der Waals surface area contributed by atoms with E-state index in [1.807, 2.05) is 18.2 Å². The van der Waals surface area contributed by atoms with Gasteiger partial charge < -0.3 is 10.5 Å². The Bertz CT molecular complexity index is 336. The largest absolute Gasteiger partial charge is 0.493 e. The molecule has 0 saturated heterocycles. The van der Waals surface area contributed by atoms with Gasteiger partial charge in [0, 0.05) is 16.6 Å². The van der Waals surface area contributed by atoms with Gasteiger partial charge in [-0.25, -0.2) is 0 Å². The third-order valence-corrected chi connectivity index (χ3v) is 3.22. The Morgan fingerprint density at radius 1 is 1.40 bits per heavy atom. The summed E-state index contributed by atoms with van der Waals surface area (Å²) in [6.07, 6.45) is 3.94. The Morgan fingerprint density at radius 3 is 2.87 bits per heavy atom. The lowest BCUT2D eigenvalue weighted by atomic mass is 10.2. The molecule has 0 atom stereocenters. The summed E-state index contributed by atoms with van der Waals surface area (Å²) < 4.78 is 6.79. The van der Waals surface area contributed by atoms with Crippen LogP contribution < -0.4 is 10.5 Å². The van der Waals surface area contributed by atoms with Crippen molar-refractivity contribution in [1.29, 1.82) is 0 Å². The molecule has 2 nitrogen and oxygen atoms in total. The molecule has 0 amide bonds. The molecule has 15 heavy (non-hydrogen) atoms. The van der Waals surface area contributed by atoms with Gasteiger partial charge in [-0.3, -0.25) is 0 Å². The summed E-state index contributed by atoms with van der Waals surface area (Å²) in [5.41, 5.74) is 6.73. The van der Waals surface area contributed by atoms with Crippen molar-refractivity contribution >= 4 is 15.9 Å². The molecule has 1 aromatic carbocycles. The fourth-order valence-corrected chi connectivity index (χ4v) is 1.91. The van der Waals surface area contributed by atoms with Gasteiger partial charge in [0.2, 0.25) is 0 Å². The maximum Gasteiger partial charge on any atom is 0.124 e. The molecule has 1 aromatic rings. The Labute approximate surface area is 98.9 Å². The molecule has 1 fully saturated rings. The maximum absolute atomic E-state index is 5.75. The minimum atomic E-state index is 0.534. The molecule has 1 aliphatic rings. The molecule has 0 heterocycles. The number of halogens is 1. The first-order valence-electron chi connectivity index (χ1n) is 5.41. The quantitative estimate of drug-likeness (QED) is 0.892. The van der Waals surface area contributed by atoms with Crippen molar-refractivity contribution in [2.24, 2.45) is 11.7 Å². The van der Waals surface area contributed by atoms with Gasteiger partial charge >= 0.3 is 0 Å². The van der Waals surface area contributed by atoms with Crippen LogP contribution in [0.4, 0.5) is 0 Å². The van der Waals surface area contributed by atoms with Gasteiger partial charge in [-0.2, -0.15) is 0 Å². The fourth-order valence-electron chi connectivity index (χ4n) is 1.57. The zero-order valence-electron chi connectivity index (χ0n) is 8.71. The molecule has 82 valence electrons. The van der Waals surface area contributed by atoms with Crippen LogP contribution in [-0.4, -0.2) is 6.61 Å². The number of rotatable bonds is 5. The van der Waals surface area contributed by atoms with Crippen molar-refractivity contribution in [2.45, 2.75) is 25.8 Å². The summed E-state index contributed by atoms with van der Waals surface area (Å²) in [5.74, 6) is 1.84. The van der Waals surface area contributed by atoms with E-state index >= 15 is 0 Å². The van der Waals surface area contributed by atoms with Crippen molar-refractivity contribution < 1.29 is 4.74 Å². The first-order valence-corrected chi connectivity index (χ1v) is 6.20. The monoisotopic (exact) mass is 269 g/mol. The first-order chi connectivity index (χ1) is 7.29. The van der Waals surface area contributed by atoms with Crippen LogP contribution in [0.2, 0.25) is 0 Å². The molecule has 0 aliphatic heterocycles. The predicted molar refractivity (Wildman–Crippen MR) is 64.9 cm³/mol. The predicted octanol–water partition coefficient (Wildman–Crippen LogP) is 3.09. The molecular weight excluding hydrogens is 254 g/mol. The van der Waals surface area contributed by atoms with E-state index in [2.05, 4.69) is 15.9 Å². The van der Waals surface area contributed by atoms with Crippen molar-refractivity contribution in [3.63, 3.8) is 0 Å². The van der Waals surface area contributed by atoms with Crippen molar-refractivity contribution in [3.8, 4) is 5.75 Å². The van der Waals surface area contributed by atoms with Crippen LogP contribution in [0.25, 0.3) is 0 Å². The molecule has 2 N–H and O–H groups in total. The summed E-state index contributed by atoms with van der Waals surface area (Å²) in [4.78, 5) is 0. The van der Waals surface area contributed by atoms with Gasteiger partial charge in [0.1, 0.15) is 5.75 Å². The minimum absolute atomic E-state index is 0.534. The van der Waals surface area contributed by atoms with E-state index in [0.717, 1.165) is 28.3 Å². The van der Waals surface area contributed by atoms with Crippen LogP contribution in [0.15, 0.2) is 22.7 Å². The average Bonchev–Trinajstić information content (AvgIpc) is 3.02. The SMILES string of the molecule is NCc1ccc(Br)cc1OCCC1CC1. The lowest BCUT2D eigenvalue weighted by Gasteiger charge is -2.10. The number of hydrogen-bond acceptors (Lipinski definition) is 2. The second-order valence-electron chi connectivity index (χ2n) is 4.04. The highest BCUT2D eigenvalue weighted by Crippen LogP contribution is 2.32. The Morgan fingerprint density at radius 2 is 2.20 bits per heavy atom. The van der Waals surface area contributed by atoms with Gasteiger partial charge in [-0.15, -0.1) is 0 Å². The first kappa shape index (κ1) is 11.0. The second-order valence-corrected chi connectivity index (χ2v) is 4.95. The summed E-state index contributed by atoms with van der Waals surface area (Å²) in [7, 11) is 0. The number of benzene rings is 1. The molecule has 1 saturated carbocycles. The van der Waals surface area contributed by atoms with Crippen LogP contribution in [0.5, 0.6) is 5.75 Å². The number of nitrogens with two attached hydrogens (primary N) is 1. The van der Waals surface area contributed by atoms with E-state index in [0.29, 0.717) is 6.54 Å². The number of hydrogen-bond donors (Lipinski definition) is 1. The normalized spacial score (nSPS) is 15.3. The topological polar surface area (TPSA) is 35.2 Å². The summed E-state index contributed by atoms with van der Waals surface area (Å²) >= 11 is 3.44. The van der Waals surface area contributed by atoms with Crippen LogP contribution in [0.1, 0.15) is 24.8 Å². The molecule has 0 spiro atoms. The minimum Gasteiger partial charge on any atom is -0.493 e. The highest BCUT2D eigenvalue weighted by molar-refractivity contribution is 9.10. The second kappa shape index (κ2) is 4.99. The van der Waals surface area contributed by atoms with E-state index in [1.54, 1.807) is 0 Å². The van der Waals surface area contributed by atoms with Crippen LogP contribution >= 0.6 is 15.9 Å². The molecular formula is C12H16BrNO. The third kappa shape index (κ3) is 3.21. The molecule has 3 heteroatoms. The van der Waals surface area contributed by atoms with Crippen LogP contribution in [-0.2, 0) is 6.54 Å². The molecule has 0 bridgehead atoms. The zero-order chi connectivity index (χ0) is 10.7. The Kier molecular flexibility index (Phi) is 3.65. The molecule has 0 unspecified atom stereocenters. The third-order valence-electron chi connectivity index (χ3n) is 2.73. The van der Waals surface area contributed by atoms with E-state index in [-0.39, 0.29) is 0 Å². The smallest absolute Gasteiger partial charge is 0.124 e. The van der Waals surface area contributed by atoms with Crippen molar-refractivity contribution in [2.75, 3.05) is 6.61 Å². The van der Waals surface area contributed by atoms with E-state index < -0.39 is 0 Å². The number of ether oxygens (including phenoxy) is 1. The molecule has 0 radical (unpaired) electrons. The highest BCUT2D eigenvalue weighted by Gasteiger charge is 2.20. The summed E-state index contributed by atoms with van der Waals surface area (Å²) in [6.45, 7) is 1.35. The molecule has 1 aliphatic carbocycles. The van der Waals surface area contributed by atoms with Crippen molar-refractivity contribution in [1.82, 2.24) is 0 Å². The van der Waals surface area contributed by atoms with Crippen molar-refractivity contribution in [3.05, 3.63) is 28.2 Å². The summed E-state index contributed by atoms with van der Waals surface area (Å²) in [5, 5.41) is 0. The lowest BCUT2D eigenvalue weighted by Crippen LogP contribution is -2.04. The standard InChI is InChI=1S/C12H16BrNO/c13-11-4-3-10(8-14)12(7-11)15-6-5-9-1-2-9/h3-4,7,9H,1-2,5-6,8,14H2. The van der Waals surface area contributed by atoms with Gasteiger partial charge in [0.15, 0.2) is 0 Å². The fraction of sp³-hybridized carbons (Fsp3) is 0.500. The molecule has 0 aromatic heterocycles. The van der Waals surface area contributed by atoms with Gasteiger partial charge in [-0.05, 0) is 24.5 Å². The molecule has 2 rings (SSSR count). The van der Waals surface area contributed by atoms with Gasteiger partial charge in [0.25, 0.3) is 0 Å². The highest BCUT2D eigenvalue weighted by atomic mass is 79.9. The van der Waals surface area contributed by atoms with Gasteiger partial charge in [0.05, 0.1) is 6.61 Å². The Hall–Kier alpha value is -0.540.